The first kappa shape index (κ1) is 19.4. The second-order valence-corrected chi connectivity index (χ2v) is 9.83. The number of carbonyl (C=O) groups excluding carboxylic acids is 1. The van der Waals surface area contributed by atoms with Gasteiger partial charge in [-0.25, -0.2) is 0 Å². The third-order valence-electron chi connectivity index (χ3n) is 5.85. The van der Waals surface area contributed by atoms with Gasteiger partial charge >= 0.3 is 0 Å². The Morgan fingerprint density at radius 3 is 2.46 bits per heavy atom. The number of piperidine rings is 1. The van der Waals surface area contributed by atoms with Crippen LogP contribution in [0.5, 0.6) is 0 Å². The van der Waals surface area contributed by atoms with Crippen molar-refractivity contribution in [2.24, 2.45) is 5.92 Å². The molecule has 3 aliphatic rings. The maximum absolute atomic E-state index is 13.3. The Morgan fingerprint density at radius 2 is 1.88 bits per heavy atom. The smallest absolute Gasteiger partial charge is 0.281 e. The third kappa shape index (κ3) is 3.18. The number of hydrogen-bond acceptors (Lipinski definition) is 3. The van der Waals surface area contributed by atoms with E-state index in [1.54, 1.807) is 18.4 Å². The Hall–Kier alpha value is -1.38. The zero-order valence-corrected chi connectivity index (χ0v) is 17.2. The molecule has 0 spiro atoms. The van der Waals surface area contributed by atoms with Gasteiger partial charge in [-0.15, -0.1) is 0 Å². The first-order chi connectivity index (χ1) is 12.2. The number of fused-ring (bicyclic) bond motifs is 4. The molecule has 0 N–H and O–H groups in total. The van der Waals surface area contributed by atoms with E-state index >= 15 is 0 Å². The van der Waals surface area contributed by atoms with Crippen molar-refractivity contribution in [2.75, 3.05) is 33.7 Å². The lowest BCUT2D eigenvalue weighted by molar-refractivity contribution is 0.0587. The summed E-state index contributed by atoms with van der Waals surface area (Å²) >= 11 is 0. The van der Waals surface area contributed by atoms with E-state index in [2.05, 4.69) is 11.5 Å². The fourth-order valence-electron chi connectivity index (χ4n) is 4.37. The van der Waals surface area contributed by atoms with Gasteiger partial charge in [0.2, 0.25) is 0 Å². The van der Waals surface area contributed by atoms with Crippen LogP contribution in [0.3, 0.4) is 0 Å². The number of aryl methyl sites for hydroxylation is 1. The minimum Gasteiger partial charge on any atom is -0.349 e. The second-order valence-electron chi connectivity index (χ2n) is 7.69. The summed E-state index contributed by atoms with van der Waals surface area (Å²) < 4.78 is 30.1. The minimum absolute atomic E-state index is 0.0385. The van der Waals surface area contributed by atoms with Gasteiger partial charge in [0.25, 0.3) is 16.1 Å². The predicted molar refractivity (Wildman–Crippen MR) is 101 cm³/mol. The molecule has 26 heavy (non-hydrogen) atoms. The van der Waals surface area contributed by atoms with E-state index in [-0.39, 0.29) is 17.9 Å². The van der Waals surface area contributed by atoms with Crippen molar-refractivity contribution in [3.05, 3.63) is 23.0 Å². The van der Waals surface area contributed by atoms with Crippen LogP contribution in [0.15, 0.2) is 6.07 Å². The highest BCUT2D eigenvalue weighted by Crippen LogP contribution is 2.31. The van der Waals surface area contributed by atoms with Crippen LogP contribution in [0, 0.1) is 19.8 Å². The Balaban J connectivity index is 1.88. The summed E-state index contributed by atoms with van der Waals surface area (Å²) in [6, 6.07) is 1.91. The fourth-order valence-corrected chi connectivity index (χ4v) is 5.59. The van der Waals surface area contributed by atoms with E-state index < -0.39 is 10.2 Å². The minimum atomic E-state index is -3.45. The van der Waals surface area contributed by atoms with Crippen LogP contribution in [0.4, 0.5) is 0 Å². The summed E-state index contributed by atoms with van der Waals surface area (Å²) in [5.74, 6) is 0.235. The van der Waals surface area contributed by atoms with E-state index in [0.29, 0.717) is 19.6 Å². The molecule has 2 bridgehead atoms. The van der Waals surface area contributed by atoms with Crippen LogP contribution in [-0.4, -0.2) is 72.2 Å². The summed E-state index contributed by atoms with van der Waals surface area (Å²) in [4.78, 5) is 15.2. The number of rotatable bonds is 4. The topological polar surface area (TPSA) is 65.9 Å². The van der Waals surface area contributed by atoms with Gasteiger partial charge < -0.3 is 9.47 Å². The Labute approximate surface area is 156 Å². The van der Waals surface area contributed by atoms with Crippen molar-refractivity contribution < 1.29 is 13.2 Å². The van der Waals surface area contributed by atoms with E-state index in [0.717, 1.165) is 36.3 Å². The largest absolute Gasteiger partial charge is 0.349 e. The van der Waals surface area contributed by atoms with E-state index in [9.17, 15) is 13.2 Å². The number of nitrogens with zero attached hydrogens (tertiary/aromatic N) is 4. The van der Waals surface area contributed by atoms with E-state index in [4.69, 9.17) is 0 Å². The Bertz CT molecular complexity index is 800. The van der Waals surface area contributed by atoms with Crippen LogP contribution in [0.25, 0.3) is 0 Å². The van der Waals surface area contributed by atoms with Crippen LogP contribution < -0.4 is 0 Å². The van der Waals surface area contributed by atoms with Crippen LogP contribution >= 0.6 is 0 Å². The number of amides is 1. The molecule has 2 unspecified atom stereocenters. The van der Waals surface area contributed by atoms with Crippen molar-refractivity contribution >= 4 is 16.1 Å². The monoisotopic (exact) mass is 382 g/mol. The van der Waals surface area contributed by atoms with E-state index in [1.165, 1.54) is 4.31 Å². The Kier molecular flexibility index (Phi) is 5.20. The SMILES string of the molecule is CCn1c(C)cc(C(=O)N2CC3CCC2CN(S(=O)(=O)N(C)C)C3)c1C. The molecule has 8 heteroatoms. The highest BCUT2D eigenvalue weighted by atomic mass is 32.2. The van der Waals surface area contributed by atoms with Crippen LogP contribution in [0.2, 0.25) is 0 Å². The van der Waals surface area contributed by atoms with Crippen molar-refractivity contribution in [3.8, 4) is 0 Å². The van der Waals surface area contributed by atoms with Gasteiger partial charge in [-0.3, -0.25) is 4.79 Å². The molecule has 0 aliphatic carbocycles. The molecule has 4 heterocycles. The highest BCUT2D eigenvalue weighted by Gasteiger charge is 2.42. The lowest BCUT2D eigenvalue weighted by Crippen LogP contribution is -2.48. The number of carbonyl (C=O) groups is 1. The van der Waals surface area contributed by atoms with Gasteiger partial charge in [0.15, 0.2) is 0 Å². The summed E-state index contributed by atoms with van der Waals surface area (Å²) in [6.07, 6.45) is 1.84. The molecular weight excluding hydrogens is 352 g/mol. The lowest BCUT2D eigenvalue weighted by atomic mass is 9.94. The predicted octanol–water partition coefficient (Wildman–Crippen LogP) is 1.47. The number of aromatic nitrogens is 1. The normalized spacial score (nSPS) is 24.3. The third-order valence-corrected chi connectivity index (χ3v) is 7.72. The molecule has 0 saturated carbocycles. The molecule has 2 atom stereocenters. The van der Waals surface area contributed by atoms with Crippen molar-refractivity contribution in [1.82, 2.24) is 18.1 Å². The summed E-state index contributed by atoms with van der Waals surface area (Å²) in [6.45, 7) is 8.44. The molecule has 1 aromatic heterocycles. The van der Waals surface area contributed by atoms with Crippen molar-refractivity contribution in [3.63, 3.8) is 0 Å². The number of hydrogen-bond donors (Lipinski definition) is 0. The zero-order valence-electron chi connectivity index (χ0n) is 16.4. The average molecular weight is 383 g/mol. The standard InChI is InChI=1S/C18H30N4O3S/c1-6-21-13(2)9-17(14(21)3)18(23)22-11-15-7-8-16(22)12-20(10-15)26(24,25)19(4)5/h9,15-16H,6-8,10-12H2,1-5H3. The first-order valence-electron chi connectivity index (χ1n) is 9.32. The van der Waals surface area contributed by atoms with Gasteiger partial charge in [-0.05, 0) is 45.6 Å². The quantitative estimate of drug-likeness (QED) is 0.792. The molecule has 146 valence electrons. The molecule has 1 aromatic rings. The Morgan fingerprint density at radius 1 is 1.19 bits per heavy atom. The molecule has 3 aliphatic heterocycles. The highest BCUT2D eigenvalue weighted by molar-refractivity contribution is 7.86. The van der Waals surface area contributed by atoms with Gasteiger partial charge in [-0.2, -0.15) is 17.0 Å². The van der Waals surface area contributed by atoms with Gasteiger partial charge in [0.05, 0.1) is 5.56 Å². The molecule has 7 nitrogen and oxygen atoms in total. The second kappa shape index (κ2) is 6.98. The summed E-state index contributed by atoms with van der Waals surface area (Å²) in [5, 5.41) is 0. The van der Waals surface area contributed by atoms with Gasteiger partial charge in [0.1, 0.15) is 0 Å². The fraction of sp³-hybridized carbons (Fsp3) is 0.722. The molecule has 0 aromatic carbocycles. The van der Waals surface area contributed by atoms with Gasteiger partial charge in [-0.1, -0.05) is 0 Å². The van der Waals surface area contributed by atoms with Crippen LogP contribution in [0.1, 0.15) is 41.5 Å². The average Bonchev–Trinajstić information content (AvgIpc) is 2.77. The summed E-state index contributed by atoms with van der Waals surface area (Å²) in [5.41, 5.74) is 2.83. The molecule has 3 saturated heterocycles. The first-order valence-corrected chi connectivity index (χ1v) is 10.7. The molecule has 3 fully saturated rings. The van der Waals surface area contributed by atoms with Gasteiger partial charge in [0, 0.05) is 57.7 Å². The maximum Gasteiger partial charge on any atom is 0.281 e. The zero-order chi connectivity index (χ0) is 19.2. The lowest BCUT2D eigenvalue weighted by Gasteiger charge is -2.36. The van der Waals surface area contributed by atoms with Crippen molar-refractivity contribution in [2.45, 2.75) is 46.2 Å². The molecule has 1 amide bonds. The maximum atomic E-state index is 13.3. The van der Waals surface area contributed by atoms with E-state index in [1.807, 2.05) is 24.8 Å². The molecule has 0 radical (unpaired) electrons. The van der Waals surface area contributed by atoms with Crippen molar-refractivity contribution in [1.29, 1.82) is 0 Å². The summed E-state index contributed by atoms with van der Waals surface area (Å²) in [7, 11) is -0.333. The molecule has 4 rings (SSSR count). The van der Waals surface area contributed by atoms with Crippen LogP contribution in [-0.2, 0) is 16.8 Å². The molecular formula is C18H30N4O3S.